The van der Waals surface area contributed by atoms with Crippen LogP contribution >= 0.6 is 0 Å². The van der Waals surface area contributed by atoms with Crippen molar-refractivity contribution in [3.05, 3.63) is 72.3 Å². The Bertz CT molecular complexity index is 1040. The lowest BCUT2D eigenvalue weighted by Crippen LogP contribution is -2.16. The van der Waals surface area contributed by atoms with Crippen molar-refractivity contribution in [1.82, 2.24) is 0 Å². The molecule has 0 aliphatic rings. The molecule has 0 heterocycles. The Morgan fingerprint density at radius 1 is 0.613 bits per heavy atom. The van der Waals surface area contributed by atoms with Crippen molar-refractivity contribution in [3.8, 4) is 34.1 Å². The van der Waals surface area contributed by atoms with E-state index in [2.05, 4.69) is 9.47 Å². The van der Waals surface area contributed by atoms with Gasteiger partial charge in [-0.1, -0.05) is 18.2 Å². The summed E-state index contributed by atoms with van der Waals surface area (Å²) >= 11 is 0. The van der Waals surface area contributed by atoms with E-state index in [4.69, 9.17) is 4.74 Å². The number of hydrogen-bond donors (Lipinski definition) is 0. The van der Waals surface area contributed by atoms with Gasteiger partial charge in [0.05, 0.1) is 5.56 Å². The third-order valence-corrected chi connectivity index (χ3v) is 3.85. The Morgan fingerprint density at radius 3 is 1.55 bits per heavy atom. The van der Waals surface area contributed by atoms with Gasteiger partial charge in [-0.15, -0.1) is 26.3 Å². The predicted molar refractivity (Wildman–Crippen MR) is 97.1 cm³/mol. The van der Waals surface area contributed by atoms with E-state index in [0.29, 0.717) is 17.4 Å². The summed E-state index contributed by atoms with van der Waals surface area (Å²) in [5.74, 6) is -0.583. The molecule has 0 spiro atoms. The minimum atomic E-state index is -4.83. The van der Waals surface area contributed by atoms with Gasteiger partial charge in [0.25, 0.3) is 0 Å². The Hall–Kier alpha value is -3.69. The van der Waals surface area contributed by atoms with Gasteiger partial charge in [0, 0.05) is 0 Å². The smallest absolute Gasteiger partial charge is 0.457 e. The molecule has 0 unspecified atom stereocenters. The molecule has 0 N–H and O–H groups in total. The number of alkyl halides is 6. The molecule has 162 valence electrons. The Labute approximate surface area is 171 Å². The number of hydrogen-bond acceptors (Lipinski definition) is 4. The highest BCUT2D eigenvalue weighted by molar-refractivity contribution is 5.82. The summed E-state index contributed by atoms with van der Waals surface area (Å²) in [6.45, 7) is 0. The fourth-order valence-electron chi connectivity index (χ4n) is 2.59. The predicted octanol–water partition coefficient (Wildman–Crippen LogP) is 6.76. The van der Waals surface area contributed by atoms with E-state index in [-0.39, 0.29) is 17.1 Å². The van der Waals surface area contributed by atoms with E-state index < -0.39 is 24.2 Å². The first-order valence-corrected chi connectivity index (χ1v) is 8.51. The van der Waals surface area contributed by atoms with Crippen LogP contribution in [-0.2, 0) is 0 Å². The maximum atomic E-state index is 12.3. The molecule has 31 heavy (non-hydrogen) atoms. The molecule has 0 fully saturated rings. The highest BCUT2D eigenvalue weighted by atomic mass is 19.4. The molecule has 0 aromatic heterocycles. The van der Waals surface area contributed by atoms with Crippen molar-refractivity contribution in [1.29, 1.82) is 0 Å². The largest absolute Gasteiger partial charge is 0.573 e. The van der Waals surface area contributed by atoms with Crippen LogP contribution in [0.3, 0.4) is 0 Å². The van der Waals surface area contributed by atoms with Gasteiger partial charge in [-0.3, -0.25) is 4.79 Å². The molecule has 0 saturated heterocycles. The molecule has 10 heteroatoms. The van der Waals surface area contributed by atoms with Crippen molar-refractivity contribution in [3.63, 3.8) is 0 Å². The normalized spacial score (nSPS) is 11.7. The molecule has 0 amide bonds. The van der Waals surface area contributed by atoms with Crippen LogP contribution in [0.1, 0.15) is 10.4 Å². The standard InChI is InChI=1S/C21H12F6O4/c22-20(23,24)30-17-5-3-13(4-6-17)14-1-2-15(12-28)19(11-14)29-16-7-9-18(10-8-16)31-21(25,26)27/h1-12H. The quantitative estimate of drug-likeness (QED) is 0.313. The van der Waals surface area contributed by atoms with Crippen molar-refractivity contribution in [2.45, 2.75) is 12.7 Å². The van der Waals surface area contributed by atoms with Gasteiger partial charge >= 0.3 is 12.7 Å². The van der Waals surface area contributed by atoms with E-state index in [1.165, 1.54) is 36.4 Å². The van der Waals surface area contributed by atoms with Gasteiger partial charge < -0.3 is 14.2 Å². The third-order valence-electron chi connectivity index (χ3n) is 3.85. The van der Waals surface area contributed by atoms with Gasteiger partial charge in [0.2, 0.25) is 0 Å². The van der Waals surface area contributed by atoms with Crippen LogP contribution in [0, 0.1) is 0 Å². The van der Waals surface area contributed by atoms with E-state index in [0.717, 1.165) is 24.3 Å². The Balaban J connectivity index is 1.82. The molecule has 0 bridgehead atoms. The number of ether oxygens (including phenoxy) is 3. The van der Waals surface area contributed by atoms with Crippen molar-refractivity contribution < 1.29 is 45.3 Å². The van der Waals surface area contributed by atoms with Crippen molar-refractivity contribution in [2.24, 2.45) is 0 Å². The van der Waals surface area contributed by atoms with Crippen molar-refractivity contribution in [2.75, 3.05) is 0 Å². The molecule has 3 aromatic carbocycles. The summed E-state index contributed by atoms with van der Waals surface area (Å²) in [5.41, 5.74) is 1.21. The first-order valence-electron chi connectivity index (χ1n) is 8.51. The van der Waals surface area contributed by atoms with Gasteiger partial charge in [0.15, 0.2) is 6.29 Å². The van der Waals surface area contributed by atoms with Gasteiger partial charge in [-0.25, -0.2) is 0 Å². The summed E-state index contributed by atoms with van der Waals surface area (Å²) in [7, 11) is 0. The molecule has 3 rings (SSSR count). The monoisotopic (exact) mass is 442 g/mol. The maximum absolute atomic E-state index is 12.3. The van der Waals surface area contributed by atoms with Crippen LogP contribution < -0.4 is 14.2 Å². The van der Waals surface area contributed by atoms with Crippen molar-refractivity contribution >= 4 is 6.29 Å². The van der Waals surface area contributed by atoms with Crippen LogP contribution in [0.25, 0.3) is 11.1 Å². The lowest BCUT2D eigenvalue weighted by atomic mass is 10.0. The summed E-state index contributed by atoms with van der Waals surface area (Å²) in [5, 5.41) is 0. The topological polar surface area (TPSA) is 44.8 Å². The number of rotatable bonds is 6. The molecular weight excluding hydrogens is 430 g/mol. The Kier molecular flexibility index (Phi) is 6.09. The van der Waals surface area contributed by atoms with E-state index in [9.17, 15) is 31.1 Å². The highest BCUT2D eigenvalue weighted by Crippen LogP contribution is 2.33. The number of benzene rings is 3. The maximum Gasteiger partial charge on any atom is 0.573 e. The van der Waals surface area contributed by atoms with Gasteiger partial charge in [0.1, 0.15) is 23.0 Å². The second-order valence-corrected chi connectivity index (χ2v) is 6.06. The fraction of sp³-hybridized carbons (Fsp3) is 0.0952. The summed E-state index contributed by atoms with van der Waals surface area (Å²) in [6, 6.07) is 14.1. The van der Waals surface area contributed by atoms with Crippen LogP contribution in [-0.4, -0.2) is 19.0 Å². The van der Waals surface area contributed by atoms with Crippen LogP contribution in [0.5, 0.6) is 23.0 Å². The number of carbonyl (C=O) groups excluding carboxylic acids is 1. The SMILES string of the molecule is O=Cc1ccc(-c2ccc(OC(F)(F)F)cc2)cc1Oc1ccc(OC(F)(F)F)cc1. The average Bonchev–Trinajstić information content (AvgIpc) is 2.68. The van der Waals surface area contributed by atoms with E-state index in [1.807, 2.05) is 0 Å². The highest BCUT2D eigenvalue weighted by Gasteiger charge is 2.31. The Morgan fingerprint density at radius 2 is 1.06 bits per heavy atom. The number of aldehydes is 1. The van der Waals surface area contributed by atoms with E-state index in [1.54, 1.807) is 6.07 Å². The zero-order valence-electron chi connectivity index (χ0n) is 15.3. The second kappa shape index (κ2) is 8.58. The minimum Gasteiger partial charge on any atom is -0.457 e. The summed E-state index contributed by atoms with van der Waals surface area (Å²) in [6.07, 6.45) is -9.11. The summed E-state index contributed by atoms with van der Waals surface area (Å²) in [4.78, 5) is 11.3. The minimum absolute atomic E-state index is 0.104. The second-order valence-electron chi connectivity index (χ2n) is 6.06. The fourth-order valence-corrected chi connectivity index (χ4v) is 2.59. The molecule has 0 atom stereocenters. The zero-order chi connectivity index (χ0) is 22.6. The molecule has 4 nitrogen and oxygen atoms in total. The molecule has 0 saturated carbocycles. The van der Waals surface area contributed by atoms with Crippen LogP contribution in [0.15, 0.2) is 66.7 Å². The summed E-state index contributed by atoms with van der Waals surface area (Å²) < 4.78 is 86.8. The van der Waals surface area contributed by atoms with Crippen LogP contribution in [0.2, 0.25) is 0 Å². The lowest BCUT2D eigenvalue weighted by Gasteiger charge is -2.13. The molecular formula is C21H12F6O4. The first-order chi connectivity index (χ1) is 14.5. The zero-order valence-corrected chi connectivity index (χ0v) is 15.3. The number of halogens is 6. The van der Waals surface area contributed by atoms with E-state index >= 15 is 0 Å². The van der Waals surface area contributed by atoms with Gasteiger partial charge in [-0.2, -0.15) is 0 Å². The van der Waals surface area contributed by atoms with Crippen LogP contribution in [0.4, 0.5) is 26.3 Å². The van der Waals surface area contributed by atoms with Gasteiger partial charge in [-0.05, 0) is 59.7 Å². The third kappa shape index (κ3) is 6.39. The lowest BCUT2D eigenvalue weighted by molar-refractivity contribution is -0.275. The molecule has 0 radical (unpaired) electrons. The molecule has 0 aliphatic heterocycles. The first kappa shape index (κ1) is 22.0. The number of carbonyl (C=O) groups is 1. The molecule has 0 aliphatic carbocycles. The average molecular weight is 442 g/mol. The molecule has 3 aromatic rings.